The summed E-state index contributed by atoms with van der Waals surface area (Å²) in [5.74, 6) is 0.724. The fourth-order valence-corrected chi connectivity index (χ4v) is 2.41. The minimum absolute atomic E-state index is 0.531. The highest BCUT2D eigenvalue weighted by Crippen LogP contribution is 2.35. The first-order valence-corrected chi connectivity index (χ1v) is 6.38. The van der Waals surface area contributed by atoms with Gasteiger partial charge in [0.15, 0.2) is 0 Å². The van der Waals surface area contributed by atoms with Gasteiger partial charge in [0.05, 0.1) is 17.1 Å². The molecule has 2 rings (SSSR count). The maximum atomic E-state index is 3.67. The van der Waals surface area contributed by atoms with Crippen LogP contribution >= 0.6 is 0 Å². The second-order valence-electron chi connectivity index (χ2n) is 5.45. The van der Waals surface area contributed by atoms with Gasteiger partial charge in [-0.1, -0.05) is 19.9 Å². The minimum Gasteiger partial charge on any atom is -0.381 e. The highest BCUT2D eigenvalue weighted by Gasteiger charge is 2.20. The number of anilines is 3. The van der Waals surface area contributed by atoms with Crippen molar-refractivity contribution in [3.8, 4) is 0 Å². The summed E-state index contributed by atoms with van der Waals surface area (Å²) in [5, 5.41) is 7.20. The van der Waals surface area contributed by atoms with E-state index in [1.807, 2.05) is 0 Å². The topological polar surface area (TPSA) is 27.3 Å². The third-order valence-corrected chi connectivity index (χ3v) is 3.17. The number of hydrogen-bond donors (Lipinski definition) is 2. The van der Waals surface area contributed by atoms with E-state index in [-0.39, 0.29) is 0 Å². The van der Waals surface area contributed by atoms with Gasteiger partial charge in [-0.3, -0.25) is 0 Å². The highest BCUT2D eigenvalue weighted by atomic mass is 15.1. The third kappa shape index (κ3) is 2.65. The Morgan fingerprint density at radius 1 is 1.35 bits per heavy atom. The fraction of sp³-hybridized carbons (Fsp3) is 0.571. The SMILES string of the molecule is CC(C)C[C@@H]1CNc2cccc(N(C)C)c2N1. The zero-order valence-corrected chi connectivity index (χ0v) is 11.2. The molecule has 0 radical (unpaired) electrons. The van der Waals surface area contributed by atoms with Crippen LogP contribution in [0.15, 0.2) is 18.2 Å². The molecule has 0 aromatic heterocycles. The van der Waals surface area contributed by atoms with Crippen molar-refractivity contribution in [2.24, 2.45) is 5.92 Å². The quantitative estimate of drug-likeness (QED) is 0.840. The molecule has 0 unspecified atom stereocenters. The van der Waals surface area contributed by atoms with Crippen molar-refractivity contribution in [3.63, 3.8) is 0 Å². The zero-order chi connectivity index (χ0) is 12.4. The fourth-order valence-electron chi connectivity index (χ4n) is 2.41. The molecule has 0 saturated carbocycles. The lowest BCUT2D eigenvalue weighted by atomic mass is 10.0. The Kier molecular flexibility index (Phi) is 3.46. The Morgan fingerprint density at radius 3 is 2.76 bits per heavy atom. The first-order valence-electron chi connectivity index (χ1n) is 6.38. The van der Waals surface area contributed by atoms with Gasteiger partial charge in [0, 0.05) is 26.7 Å². The average molecular weight is 233 g/mol. The van der Waals surface area contributed by atoms with Crippen molar-refractivity contribution in [2.45, 2.75) is 26.3 Å². The summed E-state index contributed by atoms with van der Waals surface area (Å²) in [7, 11) is 4.17. The highest BCUT2D eigenvalue weighted by molar-refractivity contribution is 5.84. The van der Waals surface area contributed by atoms with E-state index in [0.29, 0.717) is 6.04 Å². The van der Waals surface area contributed by atoms with Gasteiger partial charge in [-0.05, 0) is 24.5 Å². The molecule has 0 amide bonds. The molecule has 0 fully saturated rings. The average Bonchev–Trinajstić information content (AvgIpc) is 2.27. The van der Waals surface area contributed by atoms with Crippen LogP contribution in [0.4, 0.5) is 17.1 Å². The molecule has 17 heavy (non-hydrogen) atoms. The Hall–Kier alpha value is -1.38. The molecule has 1 aromatic carbocycles. The predicted octanol–water partition coefficient (Wildman–Crippen LogP) is 3.00. The molecular formula is C14H23N3. The van der Waals surface area contributed by atoms with Crippen molar-refractivity contribution < 1.29 is 0 Å². The molecule has 0 bridgehead atoms. The second-order valence-corrected chi connectivity index (χ2v) is 5.45. The molecule has 0 aliphatic carbocycles. The van der Waals surface area contributed by atoms with Gasteiger partial charge in [0.1, 0.15) is 0 Å². The molecule has 1 heterocycles. The first kappa shape index (κ1) is 12.1. The number of nitrogens with one attached hydrogen (secondary N) is 2. The molecule has 2 N–H and O–H groups in total. The van der Waals surface area contributed by atoms with Crippen molar-refractivity contribution in [2.75, 3.05) is 36.2 Å². The maximum absolute atomic E-state index is 3.67. The summed E-state index contributed by atoms with van der Waals surface area (Å²) < 4.78 is 0. The predicted molar refractivity (Wildman–Crippen MR) is 76.1 cm³/mol. The van der Waals surface area contributed by atoms with E-state index in [1.165, 1.54) is 23.5 Å². The van der Waals surface area contributed by atoms with E-state index in [0.717, 1.165) is 12.5 Å². The van der Waals surface area contributed by atoms with E-state index in [4.69, 9.17) is 0 Å². The summed E-state index contributed by atoms with van der Waals surface area (Å²) in [6, 6.07) is 6.93. The van der Waals surface area contributed by atoms with Gasteiger partial charge in [-0.2, -0.15) is 0 Å². The summed E-state index contributed by atoms with van der Waals surface area (Å²) in [6.45, 7) is 5.56. The number of benzene rings is 1. The Labute approximate surface area is 104 Å². The van der Waals surface area contributed by atoms with Gasteiger partial charge in [-0.15, -0.1) is 0 Å². The van der Waals surface area contributed by atoms with Crippen LogP contribution in [-0.4, -0.2) is 26.7 Å². The third-order valence-electron chi connectivity index (χ3n) is 3.17. The number of para-hydroxylation sites is 1. The molecule has 1 aromatic rings. The number of fused-ring (bicyclic) bond motifs is 1. The summed E-state index contributed by atoms with van der Waals surface area (Å²) in [5.41, 5.74) is 3.72. The van der Waals surface area contributed by atoms with Gasteiger partial charge in [-0.25, -0.2) is 0 Å². The van der Waals surface area contributed by atoms with Crippen LogP contribution in [0.1, 0.15) is 20.3 Å². The van der Waals surface area contributed by atoms with E-state index in [1.54, 1.807) is 0 Å². The molecule has 0 saturated heterocycles. The van der Waals surface area contributed by atoms with Crippen LogP contribution in [-0.2, 0) is 0 Å². The maximum Gasteiger partial charge on any atom is 0.0816 e. The minimum atomic E-state index is 0.531. The molecule has 3 heteroatoms. The summed E-state index contributed by atoms with van der Waals surface area (Å²) in [6.07, 6.45) is 1.20. The van der Waals surface area contributed by atoms with Crippen LogP contribution in [0.3, 0.4) is 0 Å². The van der Waals surface area contributed by atoms with Crippen molar-refractivity contribution in [1.29, 1.82) is 0 Å². The Balaban J connectivity index is 2.23. The molecule has 3 nitrogen and oxygen atoms in total. The number of hydrogen-bond acceptors (Lipinski definition) is 3. The van der Waals surface area contributed by atoms with Gasteiger partial charge in [0.2, 0.25) is 0 Å². The van der Waals surface area contributed by atoms with Crippen molar-refractivity contribution >= 4 is 17.1 Å². The molecule has 1 aliphatic rings. The lowest BCUT2D eigenvalue weighted by molar-refractivity contribution is 0.525. The van der Waals surface area contributed by atoms with E-state index in [2.05, 4.69) is 61.7 Å². The lowest BCUT2D eigenvalue weighted by Crippen LogP contribution is -2.34. The first-order chi connectivity index (χ1) is 8.08. The molecular weight excluding hydrogens is 210 g/mol. The standard InChI is InChI=1S/C14H23N3/c1-10(2)8-11-9-15-12-6-5-7-13(17(3)4)14(12)16-11/h5-7,10-11,15-16H,8-9H2,1-4H3/t11-/m1/s1. The van der Waals surface area contributed by atoms with Crippen LogP contribution in [0, 0.1) is 5.92 Å². The van der Waals surface area contributed by atoms with E-state index >= 15 is 0 Å². The van der Waals surface area contributed by atoms with Crippen molar-refractivity contribution in [1.82, 2.24) is 0 Å². The Morgan fingerprint density at radius 2 is 2.12 bits per heavy atom. The summed E-state index contributed by atoms with van der Waals surface area (Å²) in [4.78, 5) is 2.16. The smallest absolute Gasteiger partial charge is 0.0816 e. The molecule has 1 aliphatic heterocycles. The monoisotopic (exact) mass is 233 g/mol. The van der Waals surface area contributed by atoms with Crippen LogP contribution in [0.5, 0.6) is 0 Å². The van der Waals surface area contributed by atoms with Crippen LogP contribution in [0.2, 0.25) is 0 Å². The van der Waals surface area contributed by atoms with Crippen LogP contribution in [0.25, 0.3) is 0 Å². The van der Waals surface area contributed by atoms with Crippen molar-refractivity contribution in [3.05, 3.63) is 18.2 Å². The Bertz CT molecular complexity index is 385. The molecule has 0 spiro atoms. The largest absolute Gasteiger partial charge is 0.381 e. The lowest BCUT2D eigenvalue weighted by Gasteiger charge is -2.32. The molecule has 1 atom stereocenters. The molecule has 94 valence electrons. The van der Waals surface area contributed by atoms with E-state index in [9.17, 15) is 0 Å². The van der Waals surface area contributed by atoms with Gasteiger partial charge >= 0.3 is 0 Å². The van der Waals surface area contributed by atoms with Gasteiger partial charge < -0.3 is 15.5 Å². The van der Waals surface area contributed by atoms with Gasteiger partial charge in [0.25, 0.3) is 0 Å². The normalized spacial score (nSPS) is 18.3. The second kappa shape index (κ2) is 4.86. The zero-order valence-electron chi connectivity index (χ0n) is 11.2. The summed E-state index contributed by atoms with van der Waals surface area (Å²) >= 11 is 0. The number of rotatable bonds is 3. The number of nitrogens with zero attached hydrogens (tertiary/aromatic N) is 1. The van der Waals surface area contributed by atoms with E-state index < -0.39 is 0 Å². The van der Waals surface area contributed by atoms with Crippen LogP contribution < -0.4 is 15.5 Å².